The second-order valence-electron chi connectivity index (χ2n) is 7.44. The van der Waals surface area contributed by atoms with Crippen molar-refractivity contribution in [2.24, 2.45) is 0 Å². The number of benzene rings is 3. The molecule has 0 spiro atoms. The van der Waals surface area contributed by atoms with Crippen LogP contribution in [0.5, 0.6) is 5.75 Å². The van der Waals surface area contributed by atoms with E-state index in [1.165, 1.54) is 30.0 Å². The van der Waals surface area contributed by atoms with Crippen LogP contribution in [0.4, 0.5) is 17.1 Å². The number of rotatable bonds is 10. The maximum Gasteiger partial charge on any atom is 0.269 e. The van der Waals surface area contributed by atoms with Gasteiger partial charge in [0.2, 0.25) is 5.91 Å². The molecule has 3 aromatic rings. The molecule has 0 radical (unpaired) electrons. The molecule has 3 aromatic carbocycles. The van der Waals surface area contributed by atoms with Gasteiger partial charge in [0.25, 0.3) is 11.6 Å². The predicted molar refractivity (Wildman–Crippen MR) is 133 cm³/mol. The molecule has 0 saturated carbocycles. The number of ether oxygens (including phenoxy) is 1. The quantitative estimate of drug-likeness (QED) is 0.228. The summed E-state index contributed by atoms with van der Waals surface area (Å²) in [5, 5.41) is 16.2. The van der Waals surface area contributed by atoms with Crippen LogP contribution in [-0.2, 0) is 9.59 Å². The van der Waals surface area contributed by atoms with E-state index in [9.17, 15) is 19.7 Å². The minimum atomic E-state index is -0.469. The summed E-state index contributed by atoms with van der Waals surface area (Å²) in [6, 6.07) is 20.7. The highest BCUT2D eigenvalue weighted by Crippen LogP contribution is 2.29. The van der Waals surface area contributed by atoms with Gasteiger partial charge in [0.15, 0.2) is 6.61 Å². The van der Waals surface area contributed by atoms with Crippen molar-refractivity contribution in [2.75, 3.05) is 17.2 Å². The molecule has 1 unspecified atom stereocenters. The van der Waals surface area contributed by atoms with Crippen LogP contribution in [-0.4, -0.2) is 28.6 Å². The topological polar surface area (TPSA) is 111 Å². The molecule has 3 rings (SSSR count). The van der Waals surface area contributed by atoms with Gasteiger partial charge >= 0.3 is 0 Å². The van der Waals surface area contributed by atoms with E-state index in [1.54, 1.807) is 37.3 Å². The summed E-state index contributed by atoms with van der Waals surface area (Å²) < 4.78 is 5.46. The number of anilines is 2. The summed E-state index contributed by atoms with van der Waals surface area (Å²) in [5.41, 5.74) is 1.73. The van der Waals surface area contributed by atoms with E-state index in [4.69, 9.17) is 4.74 Å². The average Bonchev–Trinajstić information content (AvgIpc) is 2.83. The monoisotopic (exact) mass is 479 g/mol. The maximum atomic E-state index is 12.8. The van der Waals surface area contributed by atoms with Gasteiger partial charge in [0.05, 0.1) is 10.2 Å². The van der Waals surface area contributed by atoms with Crippen molar-refractivity contribution in [1.82, 2.24) is 0 Å². The van der Waals surface area contributed by atoms with Crippen molar-refractivity contribution in [3.8, 4) is 5.75 Å². The van der Waals surface area contributed by atoms with Crippen molar-refractivity contribution < 1.29 is 19.2 Å². The number of para-hydroxylation sites is 1. The number of thioether (sulfide) groups is 1. The van der Waals surface area contributed by atoms with Crippen molar-refractivity contribution in [3.63, 3.8) is 0 Å². The van der Waals surface area contributed by atoms with Crippen LogP contribution in [0, 0.1) is 17.0 Å². The smallest absolute Gasteiger partial charge is 0.269 e. The summed E-state index contributed by atoms with van der Waals surface area (Å²) >= 11 is 1.38. The fraction of sp³-hybridized carbons (Fsp3) is 0.200. The Labute approximate surface area is 201 Å². The number of nitrogens with zero attached hydrogens (tertiary/aromatic N) is 1. The first-order chi connectivity index (χ1) is 16.4. The third-order valence-corrected chi connectivity index (χ3v) is 6.21. The molecule has 1 atom stereocenters. The fourth-order valence-electron chi connectivity index (χ4n) is 3.11. The van der Waals surface area contributed by atoms with Crippen LogP contribution in [0.3, 0.4) is 0 Å². The van der Waals surface area contributed by atoms with Crippen LogP contribution in [0.2, 0.25) is 0 Å². The fourth-order valence-corrected chi connectivity index (χ4v) is 4.12. The molecule has 176 valence electrons. The third-order valence-electron chi connectivity index (χ3n) is 4.85. The molecule has 0 aliphatic rings. The second kappa shape index (κ2) is 11.9. The predicted octanol–water partition coefficient (Wildman–Crippen LogP) is 5.43. The van der Waals surface area contributed by atoms with Gasteiger partial charge in [0, 0.05) is 28.4 Å². The van der Waals surface area contributed by atoms with E-state index in [0.717, 1.165) is 4.90 Å². The molecule has 0 aliphatic heterocycles. The lowest BCUT2D eigenvalue weighted by atomic mass is 10.1. The molecule has 2 N–H and O–H groups in total. The van der Waals surface area contributed by atoms with Gasteiger partial charge in [-0.2, -0.15) is 0 Å². The number of hydrogen-bond acceptors (Lipinski definition) is 6. The number of non-ortho nitro benzene ring substituents is 1. The van der Waals surface area contributed by atoms with Gasteiger partial charge < -0.3 is 15.4 Å². The Morgan fingerprint density at radius 3 is 2.47 bits per heavy atom. The zero-order valence-electron chi connectivity index (χ0n) is 18.8. The molecule has 34 heavy (non-hydrogen) atoms. The first-order valence-corrected chi connectivity index (χ1v) is 11.5. The number of carbonyl (C=O) groups is 2. The Hall–Kier alpha value is -3.85. The highest BCUT2D eigenvalue weighted by molar-refractivity contribution is 8.00. The zero-order valence-corrected chi connectivity index (χ0v) is 19.6. The van der Waals surface area contributed by atoms with E-state index in [1.807, 2.05) is 31.2 Å². The Balaban J connectivity index is 1.59. The molecule has 0 fully saturated rings. The zero-order chi connectivity index (χ0) is 24.5. The van der Waals surface area contributed by atoms with E-state index in [2.05, 4.69) is 10.6 Å². The van der Waals surface area contributed by atoms with Gasteiger partial charge in [-0.05, 0) is 55.3 Å². The summed E-state index contributed by atoms with van der Waals surface area (Å²) in [6.45, 7) is 3.51. The Morgan fingerprint density at radius 1 is 1.03 bits per heavy atom. The first-order valence-electron chi connectivity index (χ1n) is 10.7. The molecule has 0 saturated heterocycles. The van der Waals surface area contributed by atoms with E-state index < -0.39 is 4.92 Å². The number of carbonyl (C=O) groups excluding carboxylic acids is 2. The van der Waals surface area contributed by atoms with Crippen LogP contribution in [0.25, 0.3) is 0 Å². The minimum Gasteiger partial charge on any atom is -0.484 e. The first kappa shape index (κ1) is 24.8. The van der Waals surface area contributed by atoms with E-state index in [0.29, 0.717) is 29.1 Å². The lowest BCUT2D eigenvalue weighted by Gasteiger charge is -2.16. The molecule has 0 aromatic heterocycles. The van der Waals surface area contributed by atoms with E-state index >= 15 is 0 Å². The molecule has 2 amide bonds. The molecule has 8 nitrogen and oxygen atoms in total. The molecule has 0 bridgehead atoms. The highest BCUT2D eigenvalue weighted by atomic mass is 32.2. The number of hydrogen-bond donors (Lipinski definition) is 2. The summed E-state index contributed by atoms with van der Waals surface area (Å²) in [5.74, 6) is 0.126. The SMILES string of the molecule is CCC(Sc1cccc(NC(=O)COc2ccccc2)c1)C(=O)Nc1ccc([N+](=O)[O-])cc1C. The number of nitrogens with one attached hydrogen (secondary N) is 2. The molecular formula is C25H25N3O5S. The third kappa shape index (κ3) is 7.08. The van der Waals surface area contributed by atoms with Gasteiger partial charge in [-0.1, -0.05) is 31.2 Å². The molecule has 9 heteroatoms. The lowest BCUT2D eigenvalue weighted by molar-refractivity contribution is -0.384. The molecular weight excluding hydrogens is 454 g/mol. The summed E-state index contributed by atoms with van der Waals surface area (Å²) in [7, 11) is 0. The minimum absolute atomic E-state index is 0.0232. The largest absolute Gasteiger partial charge is 0.484 e. The van der Waals surface area contributed by atoms with Crippen LogP contribution in [0.1, 0.15) is 18.9 Å². The van der Waals surface area contributed by atoms with Crippen molar-refractivity contribution in [3.05, 3.63) is 88.5 Å². The van der Waals surface area contributed by atoms with Crippen molar-refractivity contribution in [1.29, 1.82) is 0 Å². The van der Waals surface area contributed by atoms with Gasteiger partial charge in [0.1, 0.15) is 5.75 Å². The van der Waals surface area contributed by atoms with Crippen LogP contribution < -0.4 is 15.4 Å². The van der Waals surface area contributed by atoms with E-state index in [-0.39, 0.29) is 29.4 Å². The number of nitro groups is 1. The maximum absolute atomic E-state index is 12.8. The number of aryl methyl sites for hydroxylation is 1. The van der Waals surface area contributed by atoms with Crippen molar-refractivity contribution >= 4 is 40.6 Å². The van der Waals surface area contributed by atoms with Gasteiger partial charge in [-0.3, -0.25) is 19.7 Å². The molecule has 0 heterocycles. The van der Waals surface area contributed by atoms with Gasteiger partial charge in [-0.25, -0.2) is 0 Å². The number of amides is 2. The Bertz CT molecular complexity index is 1170. The average molecular weight is 480 g/mol. The normalized spacial score (nSPS) is 11.4. The number of nitro benzene ring substituents is 1. The second-order valence-corrected chi connectivity index (χ2v) is 8.71. The standard InChI is InChI=1S/C25H25N3O5S/c1-3-23(25(30)27-22-13-12-19(28(31)32)14-17(22)2)34-21-11-7-8-18(15-21)26-24(29)16-33-20-9-5-4-6-10-20/h4-15,23H,3,16H2,1-2H3,(H,26,29)(H,27,30). The molecule has 0 aliphatic carbocycles. The summed E-state index contributed by atoms with van der Waals surface area (Å²) in [6.07, 6.45) is 0.573. The lowest BCUT2D eigenvalue weighted by Crippen LogP contribution is -2.25. The van der Waals surface area contributed by atoms with Crippen molar-refractivity contribution in [2.45, 2.75) is 30.4 Å². The highest BCUT2D eigenvalue weighted by Gasteiger charge is 2.20. The van der Waals surface area contributed by atoms with Gasteiger partial charge in [-0.15, -0.1) is 11.8 Å². The summed E-state index contributed by atoms with van der Waals surface area (Å²) in [4.78, 5) is 36.4. The van der Waals surface area contributed by atoms with Crippen LogP contribution in [0.15, 0.2) is 77.7 Å². The Morgan fingerprint density at radius 2 is 1.79 bits per heavy atom. The van der Waals surface area contributed by atoms with Crippen LogP contribution >= 0.6 is 11.8 Å². The Kier molecular flexibility index (Phi) is 8.64.